The summed E-state index contributed by atoms with van der Waals surface area (Å²) in [6, 6.07) is 4.14. The van der Waals surface area contributed by atoms with E-state index in [9.17, 15) is 9.18 Å². The zero-order valence-electron chi connectivity index (χ0n) is 10.7. The molecule has 0 radical (unpaired) electrons. The normalized spacial score (nSPS) is 10.4. The first-order valence-electron chi connectivity index (χ1n) is 6.11. The summed E-state index contributed by atoms with van der Waals surface area (Å²) in [7, 11) is 0. The molecule has 1 aromatic heterocycles. The second kappa shape index (κ2) is 6.13. The Kier molecular flexibility index (Phi) is 4.28. The summed E-state index contributed by atoms with van der Waals surface area (Å²) in [4.78, 5) is 14.6. The second-order valence-electron chi connectivity index (χ2n) is 4.17. The van der Waals surface area contributed by atoms with Crippen molar-refractivity contribution in [3.05, 3.63) is 47.8 Å². The van der Waals surface area contributed by atoms with E-state index in [0.29, 0.717) is 11.8 Å². The van der Waals surface area contributed by atoms with Crippen molar-refractivity contribution in [2.45, 2.75) is 26.5 Å². The van der Waals surface area contributed by atoms with E-state index in [-0.39, 0.29) is 12.4 Å². The average molecular weight is 262 g/mol. The molecule has 0 bridgehead atoms. The number of aldehydes is 1. The van der Waals surface area contributed by atoms with Gasteiger partial charge in [-0.2, -0.15) is 0 Å². The molecule has 2 rings (SSSR count). The molecule has 1 heterocycles. The maximum atomic E-state index is 13.6. The number of aryl methyl sites for hydroxylation is 1. The lowest BCUT2D eigenvalue weighted by atomic mass is 10.2. The van der Waals surface area contributed by atoms with Crippen molar-refractivity contribution in [2.75, 3.05) is 0 Å². The molecular formula is C14H15FN2O2. The Morgan fingerprint density at radius 2 is 2.32 bits per heavy atom. The van der Waals surface area contributed by atoms with Gasteiger partial charge in [0.2, 0.25) is 0 Å². The van der Waals surface area contributed by atoms with Crippen molar-refractivity contribution in [2.24, 2.45) is 0 Å². The lowest BCUT2D eigenvalue weighted by molar-refractivity contribution is 0.112. The summed E-state index contributed by atoms with van der Waals surface area (Å²) in [6.07, 6.45) is 5.02. The highest BCUT2D eigenvalue weighted by atomic mass is 19.1. The monoisotopic (exact) mass is 262 g/mol. The fourth-order valence-corrected chi connectivity index (χ4v) is 1.77. The first-order chi connectivity index (χ1) is 9.24. The Bertz CT molecular complexity index is 566. The van der Waals surface area contributed by atoms with Gasteiger partial charge in [-0.1, -0.05) is 6.92 Å². The molecule has 4 nitrogen and oxygen atoms in total. The third-order valence-corrected chi connectivity index (χ3v) is 2.73. The number of nitrogens with zero attached hydrogens (tertiary/aromatic N) is 2. The molecule has 2 aromatic rings. The molecule has 19 heavy (non-hydrogen) atoms. The maximum Gasteiger partial charge on any atom is 0.165 e. The lowest BCUT2D eigenvalue weighted by Crippen LogP contribution is -2.05. The van der Waals surface area contributed by atoms with Crippen molar-refractivity contribution in [3.8, 4) is 5.75 Å². The first-order valence-corrected chi connectivity index (χ1v) is 6.11. The van der Waals surface area contributed by atoms with Gasteiger partial charge in [0, 0.05) is 12.1 Å². The third kappa shape index (κ3) is 3.19. The standard InChI is InChI=1S/C14H15FN2O2/c1-2-5-17-10-16-7-12(17)9-19-14-4-3-11(8-18)6-13(14)15/h3-4,6-8,10H,2,5,9H2,1H3. The molecule has 0 fully saturated rings. The van der Waals surface area contributed by atoms with Crippen molar-refractivity contribution in [1.82, 2.24) is 9.55 Å². The first kappa shape index (κ1) is 13.3. The Balaban J connectivity index is 2.06. The average Bonchev–Trinajstić information content (AvgIpc) is 2.85. The van der Waals surface area contributed by atoms with Crippen LogP contribution in [0.5, 0.6) is 5.75 Å². The molecule has 0 saturated heterocycles. The zero-order chi connectivity index (χ0) is 13.7. The molecule has 0 amide bonds. The van der Waals surface area contributed by atoms with E-state index >= 15 is 0 Å². The fourth-order valence-electron chi connectivity index (χ4n) is 1.77. The molecule has 0 unspecified atom stereocenters. The van der Waals surface area contributed by atoms with Crippen LogP contribution < -0.4 is 4.74 Å². The van der Waals surface area contributed by atoms with Gasteiger partial charge in [0.15, 0.2) is 11.6 Å². The Hall–Kier alpha value is -2.17. The van der Waals surface area contributed by atoms with Crippen LogP contribution in [0.25, 0.3) is 0 Å². The predicted molar refractivity (Wildman–Crippen MR) is 68.6 cm³/mol. The number of ether oxygens (including phenoxy) is 1. The van der Waals surface area contributed by atoms with Crippen molar-refractivity contribution in [1.29, 1.82) is 0 Å². The molecule has 1 aromatic carbocycles. The van der Waals surface area contributed by atoms with Crippen LogP contribution in [-0.2, 0) is 13.2 Å². The van der Waals surface area contributed by atoms with Crippen LogP contribution in [0.3, 0.4) is 0 Å². The second-order valence-corrected chi connectivity index (χ2v) is 4.17. The molecule has 0 atom stereocenters. The van der Waals surface area contributed by atoms with E-state index in [4.69, 9.17) is 4.74 Å². The van der Waals surface area contributed by atoms with Gasteiger partial charge in [0.1, 0.15) is 12.9 Å². The summed E-state index contributed by atoms with van der Waals surface area (Å²) in [6.45, 7) is 3.17. The number of aromatic nitrogens is 2. The topological polar surface area (TPSA) is 44.1 Å². The molecule has 0 aliphatic heterocycles. The van der Waals surface area contributed by atoms with Gasteiger partial charge in [-0.15, -0.1) is 0 Å². The molecule has 0 saturated carbocycles. The minimum atomic E-state index is -0.536. The number of hydrogen-bond acceptors (Lipinski definition) is 3. The van der Waals surface area contributed by atoms with Crippen LogP contribution in [0.2, 0.25) is 0 Å². The number of carbonyl (C=O) groups is 1. The third-order valence-electron chi connectivity index (χ3n) is 2.73. The van der Waals surface area contributed by atoms with Crippen LogP contribution in [0, 0.1) is 5.82 Å². The van der Waals surface area contributed by atoms with E-state index in [2.05, 4.69) is 11.9 Å². The summed E-state index contributed by atoms with van der Waals surface area (Å²) >= 11 is 0. The predicted octanol–water partition coefficient (Wildman–Crippen LogP) is 2.82. The van der Waals surface area contributed by atoms with E-state index in [1.54, 1.807) is 12.5 Å². The quantitative estimate of drug-likeness (QED) is 0.752. The highest BCUT2D eigenvalue weighted by Crippen LogP contribution is 2.19. The number of rotatable bonds is 6. The van der Waals surface area contributed by atoms with E-state index in [0.717, 1.165) is 24.7 Å². The number of imidazole rings is 1. The SMILES string of the molecule is CCCn1cncc1COc1ccc(C=O)cc1F. The Morgan fingerprint density at radius 1 is 1.47 bits per heavy atom. The van der Waals surface area contributed by atoms with Crippen LogP contribution in [-0.4, -0.2) is 15.8 Å². The Morgan fingerprint density at radius 3 is 3.00 bits per heavy atom. The van der Waals surface area contributed by atoms with Gasteiger partial charge in [-0.3, -0.25) is 4.79 Å². The number of carbonyl (C=O) groups excluding carboxylic acids is 1. The largest absolute Gasteiger partial charge is 0.484 e. The minimum absolute atomic E-state index is 0.134. The smallest absolute Gasteiger partial charge is 0.165 e. The summed E-state index contributed by atoms with van der Waals surface area (Å²) in [5.74, 6) is -0.402. The molecule has 0 aliphatic rings. The number of halogens is 1. The summed E-state index contributed by atoms with van der Waals surface area (Å²) < 4.78 is 21.0. The Labute approximate surface area is 110 Å². The zero-order valence-corrected chi connectivity index (χ0v) is 10.7. The van der Waals surface area contributed by atoms with Crippen LogP contribution in [0.4, 0.5) is 4.39 Å². The van der Waals surface area contributed by atoms with E-state index < -0.39 is 5.82 Å². The van der Waals surface area contributed by atoms with Gasteiger partial charge in [-0.25, -0.2) is 9.37 Å². The number of hydrogen-bond donors (Lipinski definition) is 0. The van der Waals surface area contributed by atoms with E-state index in [1.165, 1.54) is 12.1 Å². The van der Waals surface area contributed by atoms with Gasteiger partial charge in [-0.05, 0) is 24.6 Å². The molecule has 0 N–H and O–H groups in total. The molecule has 0 aliphatic carbocycles. The summed E-state index contributed by atoms with van der Waals surface area (Å²) in [5, 5.41) is 0. The fraction of sp³-hybridized carbons (Fsp3) is 0.286. The van der Waals surface area contributed by atoms with Gasteiger partial charge >= 0.3 is 0 Å². The number of benzene rings is 1. The maximum absolute atomic E-state index is 13.6. The molecule has 100 valence electrons. The summed E-state index contributed by atoms with van der Waals surface area (Å²) in [5.41, 5.74) is 1.18. The van der Waals surface area contributed by atoms with Gasteiger partial charge < -0.3 is 9.30 Å². The van der Waals surface area contributed by atoms with Gasteiger partial charge in [0.05, 0.1) is 18.2 Å². The van der Waals surface area contributed by atoms with Crippen LogP contribution >= 0.6 is 0 Å². The van der Waals surface area contributed by atoms with Crippen LogP contribution in [0.15, 0.2) is 30.7 Å². The highest BCUT2D eigenvalue weighted by molar-refractivity contribution is 5.74. The van der Waals surface area contributed by atoms with E-state index in [1.807, 2.05) is 4.57 Å². The van der Waals surface area contributed by atoms with Crippen molar-refractivity contribution in [3.63, 3.8) is 0 Å². The van der Waals surface area contributed by atoms with Crippen molar-refractivity contribution >= 4 is 6.29 Å². The minimum Gasteiger partial charge on any atom is -0.484 e. The van der Waals surface area contributed by atoms with Crippen molar-refractivity contribution < 1.29 is 13.9 Å². The highest BCUT2D eigenvalue weighted by Gasteiger charge is 2.07. The lowest BCUT2D eigenvalue weighted by Gasteiger charge is -2.09. The van der Waals surface area contributed by atoms with Gasteiger partial charge in [0.25, 0.3) is 0 Å². The molecular weight excluding hydrogens is 247 g/mol. The molecule has 0 spiro atoms. The van der Waals surface area contributed by atoms with Crippen LogP contribution in [0.1, 0.15) is 29.4 Å². The molecule has 5 heteroatoms.